The van der Waals surface area contributed by atoms with Crippen molar-refractivity contribution in [3.05, 3.63) is 224 Å². The maximum Gasteiger partial charge on any atom is 0.0991 e. The molecule has 4 heteroatoms. The zero-order chi connectivity index (χ0) is 41.1. The van der Waals surface area contributed by atoms with Gasteiger partial charge in [0.15, 0.2) is 0 Å². The molecule has 9 aromatic carbocycles. The van der Waals surface area contributed by atoms with Crippen LogP contribution in [0.25, 0.3) is 111 Å². The number of nitriles is 1. The summed E-state index contributed by atoms with van der Waals surface area (Å²) < 4.78 is 4.75. The zero-order valence-electron chi connectivity index (χ0n) is 33.6. The molecule has 0 spiro atoms. The molecule has 0 aliphatic carbocycles. The number of hydrogen-bond acceptors (Lipinski definition) is 2. The van der Waals surface area contributed by atoms with E-state index in [-0.39, 0.29) is 0 Å². The maximum atomic E-state index is 9.52. The van der Waals surface area contributed by atoms with Gasteiger partial charge in [-0.3, -0.25) is 0 Å². The van der Waals surface area contributed by atoms with E-state index in [1.807, 2.05) is 30.3 Å². The first kappa shape index (κ1) is 35.4. The Kier molecular flexibility index (Phi) is 8.19. The van der Waals surface area contributed by atoms with Gasteiger partial charge in [-0.1, -0.05) is 146 Å². The van der Waals surface area contributed by atoms with Crippen LogP contribution in [-0.4, -0.2) is 14.1 Å². The van der Waals surface area contributed by atoms with Crippen molar-refractivity contribution in [3.8, 4) is 62.2 Å². The van der Waals surface area contributed by atoms with Gasteiger partial charge in [0.25, 0.3) is 0 Å². The van der Waals surface area contributed by atoms with Gasteiger partial charge < -0.3 is 9.13 Å². The lowest BCUT2D eigenvalue weighted by molar-refractivity contribution is 1.18. The Balaban J connectivity index is 1.05. The molecule has 0 saturated heterocycles. The maximum absolute atomic E-state index is 9.52. The molecule has 288 valence electrons. The van der Waals surface area contributed by atoms with E-state index >= 15 is 0 Å². The predicted octanol–water partition coefficient (Wildman–Crippen LogP) is 15.0. The number of hydrogen-bond donors (Lipinski definition) is 0. The Morgan fingerprint density at radius 2 is 0.919 bits per heavy atom. The number of benzene rings is 9. The molecule has 3 heterocycles. The second-order valence-electron chi connectivity index (χ2n) is 15.9. The molecule has 0 radical (unpaired) electrons. The molecule has 62 heavy (non-hydrogen) atoms. The zero-order valence-corrected chi connectivity index (χ0v) is 33.6. The lowest BCUT2D eigenvalue weighted by Crippen LogP contribution is -1.96. The van der Waals surface area contributed by atoms with Gasteiger partial charge in [0.1, 0.15) is 0 Å². The van der Waals surface area contributed by atoms with Gasteiger partial charge in [-0.15, -0.1) is 0 Å². The van der Waals surface area contributed by atoms with Crippen molar-refractivity contribution in [2.24, 2.45) is 0 Å². The molecule has 0 saturated carbocycles. The van der Waals surface area contributed by atoms with Crippen LogP contribution in [0.4, 0.5) is 0 Å². The van der Waals surface area contributed by atoms with Crippen LogP contribution in [0.2, 0.25) is 0 Å². The van der Waals surface area contributed by atoms with Gasteiger partial charge >= 0.3 is 0 Å². The van der Waals surface area contributed by atoms with Crippen LogP contribution in [0.5, 0.6) is 0 Å². The summed E-state index contributed by atoms with van der Waals surface area (Å²) in [6.07, 6.45) is 0. The number of pyridine rings is 1. The predicted molar refractivity (Wildman–Crippen MR) is 257 cm³/mol. The van der Waals surface area contributed by atoms with Crippen molar-refractivity contribution in [1.29, 1.82) is 5.26 Å². The topological polar surface area (TPSA) is 46.5 Å². The van der Waals surface area contributed by atoms with Gasteiger partial charge in [-0.25, -0.2) is 4.98 Å². The monoisotopic (exact) mass is 788 g/mol. The normalized spacial score (nSPS) is 11.5. The van der Waals surface area contributed by atoms with Crippen LogP contribution in [-0.2, 0) is 0 Å². The standard InChI is InChI=1S/C58H36N4/c59-37-38-22-28-46(29-23-38)61-55-20-9-7-18-48(55)50-30-27-43(36-57(50)61)42-25-24-40-26-31-51-49-19-8-10-21-56(49)62(58(51)52(40)33-42)47-17-11-16-44(32-47)54-35-45(39-12-3-1-4-13-39)34-53(60-54)41-14-5-2-6-15-41/h1-36H. The Morgan fingerprint density at radius 1 is 0.339 bits per heavy atom. The van der Waals surface area contributed by atoms with Crippen molar-refractivity contribution in [1.82, 2.24) is 14.1 Å². The first-order valence-electron chi connectivity index (χ1n) is 20.9. The van der Waals surface area contributed by atoms with Crippen LogP contribution in [0.15, 0.2) is 218 Å². The molecule has 0 aliphatic rings. The van der Waals surface area contributed by atoms with E-state index in [0.717, 1.165) is 72.7 Å². The highest BCUT2D eigenvalue weighted by Crippen LogP contribution is 2.41. The third-order valence-corrected chi connectivity index (χ3v) is 12.3. The van der Waals surface area contributed by atoms with Crippen molar-refractivity contribution in [2.45, 2.75) is 0 Å². The van der Waals surface area contributed by atoms with Crippen LogP contribution >= 0.6 is 0 Å². The fourth-order valence-electron chi connectivity index (χ4n) is 9.38. The summed E-state index contributed by atoms with van der Waals surface area (Å²) in [5.41, 5.74) is 15.9. The van der Waals surface area contributed by atoms with Gasteiger partial charge in [-0.2, -0.15) is 5.26 Å². The average molecular weight is 789 g/mol. The fourth-order valence-corrected chi connectivity index (χ4v) is 9.38. The highest BCUT2D eigenvalue weighted by atomic mass is 15.0. The van der Waals surface area contributed by atoms with Crippen LogP contribution in [0.3, 0.4) is 0 Å². The molecule has 0 atom stereocenters. The minimum Gasteiger partial charge on any atom is -0.309 e. The molecule has 4 nitrogen and oxygen atoms in total. The Labute approximate surface area is 358 Å². The first-order chi connectivity index (χ1) is 30.7. The van der Waals surface area contributed by atoms with E-state index in [2.05, 4.69) is 203 Å². The summed E-state index contributed by atoms with van der Waals surface area (Å²) in [5, 5.41) is 16.7. The minimum atomic E-state index is 0.646. The summed E-state index contributed by atoms with van der Waals surface area (Å²) >= 11 is 0. The Hall–Kier alpha value is -8.52. The summed E-state index contributed by atoms with van der Waals surface area (Å²) in [6, 6.07) is 79.9. The molecule has 0 aliphatic heterocycles. The van der Waals surface area contributed by atoms with Gasteiger partial charge in [-0.05, 0) is 100 Å². The van der Waals surface area contributed by atoms with Crippen molar-refractivity contribution in [2.75, 3.05) is 0 Å². The molecule has 0 bridgehead atoms. The van der Waals surface area contributed by atoms with E-state index in [1.165, 1.54) is 37.8 Å². The number of aromatic nitrogens is 3. The summed E-state index contributed by atoms with van der Waals surface area (Å²) in [4.78, 5) is 5.29. The van der Waals surface area contributed by atoms with Gasteiger partial charge in [0.2, 0.25) is 0 Å². The molecule has 12 rings (SSSR count). The molecule has 0 fully saturated rings. The smallest absolute Gasteiger partial charge is 0.0991 e. The summed E-state index contributed by atoms with van der Waals surface area (Å²) in [5.74, 6) is 0. The molecular weight excluding hydrogens is 753 g/mol. The lowest BCUT2D eigenvalue weighted by Gasteiger charge is -2.14. The fraction of sp³-hybridized carbons (Fsp3) is 0. The van der Waals surface area contributed by atoms with Crippen LogP contribution < -0.4 is 0 Å². The highest BCUT2D eigenvalue weighted by Gasteiger charge is 2.18. The second kappa shape index (κ2) is 14.3. The summed E-state index contributed by atoms with van der Waals surface area (Å²) in [6.45, 7) is 0. The number of para-hydroxylation sites is 2. The summed E-state index contributed by atoms with van der Waals surface area (Å²) in [7, 11) is 0. The van der Waals surface area contributed by atoms with Crippen LogP contribution in [0.1, 0.15) is 5.56 Å². The lowest BCUT2D eigenvalue weighted by atomic mass is 9.98. The molecular formula is C58H36N4. The van der Waals surface area contributed by atoms with E-state index in [1.54, 1.807) is 0 Å². The minimum absolute atomic E-state index is 0.646. The van der Waals surface area contributed by atoms with Crippen molar-refractivity contribution in [3.63, 3.8) is 0 Å². The molecule has 0 N–H and O–H groups in total. The first-order valence-corrected chi connectivity index (χ1v) is 20.9. The van der Waals surface area contributed by atoms with E-state index in [4.69, 9.17) is 4.98 Å². The van der Waals surface area contributed by atoms with Gasteiger partial charge in [0, 0.05) is 49.4 Å². The Morgan fingerprint density at radius 3 is 1.68 bits per heavy atom. The third-order valence-electron chi connectivity index (χ3n) is 12.3. The average Bonchev–Trinajstić information content (AvgIpc) is 3.87. The number of fused-ring (bicyclic) bond motifs is 8. The largest absolute Gasteiger partial charge is 0.309 e. The van der Waals surface area contributed by atoms with Crippen LogP contribution in [0, 0.1) is 11.3 Å². The molecule has 0 amide bonds. The molecule has 12 aromatic rings. The van der Waals surface area contributed by atoms with E-state index in [9.17, 15) is 5.26 Å². The third kappa shape index (κ3) is 5.79. The Bertz CT molecular complexity index is 3680. The second-order valence-corrected chi connectivity index (χ2v) is 15.9. The van der Waals surface area contributed by atoms with E-state index in [0.29, 0.717) is 5.56 Å². The molecule has 0 unspecified atom stereocenters. The highest BCUT2D eigenvalue weighted by molar-refractivity contribution is 6.19. The van der Waals surface area contributed by atoms with Crippen molar-refractivity contribution >= 4 is 54.4 Å². The van der Waals surface area contributed by atoms with Gasteiger partial charge in [0.05, 0.1) is 45.1 Å². The quantitative estimate of drug-likeness (QED) is 0.168. The van der Waals surface area contributed by atoms with E-state index < -0.39 is 0 Å². The van der Waals surface area contributed by atoms with Crippen molar-refractivity contribution < 1.29 is 0 Å². The number of nitrogens with zero attached hydrogens (tertiary/aromatic N) is 4. The number of rotatable bonds is 6. The SMILES string of the molecule is N#Cc1ccc(-n2c3ccccc3c3ccc(-c4ccc5ccc6c7ccccc7n(-c7cccc(-c8cc(-c9ccccc9)cc(-c9ccccc9)n8)c7)c6c5c4)cc32)cc1. The molecule has 3 aromatic heterocycles.